The number of carbonyl (C=O) groups excluding carboxylic acids is 1. The smallest absolute Gasteiger partial charge is 0.250 e. The number of nitrogens with one attached hydrogen (secondary N) is 1. The first kappa shape index (κ1) is 17.5. The average molecular weight is 332 g/mol. The van der Waals surface area contributed by atoms with E-state index in [2.05, 4.69) is 10.4 Å². The van der Waals surface area contributed by atoms with Gasteiger partial charge in [-0.25, -0.2) is 0 Å². The Hall–Kier alpha value is -2.90. The van der Waals surface area contributed by atoms with E-state index in [0.717, 1.165) is 5.69 Å². The summed E-state index contributed by atoms with van der Waals surface area (Å²) in [5.74, 6) is 0.303. The maximum absolute atomic E-state index is 11.3. The van der Waals surface area contributed by atoms with E-state index in [1.165, 1.54) is 20.8 Å². The number of rotatable bonds is 6. The van der Waals surface area contributed by atoms with Gasteiger partial charge in [-0.05, 0) is 24.3 Å². The predicted molar refractivity (Wildman–Crippen MR) is 89.5 cm³/mol. The lowest BCUT2D eigenvalue weighted by Crippen LogP contribution is -2.37. The SMILES string of the molecule is CC(=O)Nc1ccc(OCC(C)(C)[N+](=O)[O-])c(-c2ccnn2C)c1. The van der Waals surface area contributed by atoms with Crippen LogP contribution in [0.5, 0.6) is 5.75 Å². The normalized spacial score (nSPS) is 11.2. The number of ether oxygens (including phenoxy) is 1. The minimum atomic E-state index is -1.21. The molecule has 1 aromatic heterocycles. The van der Waals surface area contributed by atoms with Crippen molar-refractivity contribution in [2.45, 2.75) is 26.3 Å². The van der Waals surface area contributed by atoms with Crippen LogP contribution in [0.15, 0.2) is 30.5 Å². The third kappa shape index (κ3) is 3.89. The van der Waals surface area contributed by atoms with Crippen molar-refractivity contribution in [1.82, 2.24) is 9.78 Å². The molecular formula is C16H20N4O4. The van der Waals surface area contributed by atoms with Crippen LogP contribution < -0.4 is 10.1 Å². The number of hydrogen-bond acceptors (Lipinski definition) is 5. The molecule has 2 rings (SSSR count). The molecule has 1 N–H and O–H groups in total. The summed E-state index contributed by atoms with van der Waals surface area (Å²) in [7, 11) is 1.78. The molecule has 0 aliphatic heterocycles. The van der Waals surface area contributed by atoms with Gasteiger partial charge in [0.15, 0.2) is 6.61 Å². The van der Waals surface area contributed by atoms with Crippen molar-refractivity contribution in [2.24, 2.45) is 7.05 Å². The Labute approximate surface area is 139 Å². The van der Waals surface area contributed by atoms with Crippen LogP contribution in [0.3, 0.4) is 0 Å². The van der Waals surface area contributed by atoms with E-state index in [0.29, 0.717) is 17.0 Å². The Bertz CT molecular complexity index is 767. The lowest BCUT2D eigenvalue weighted by molar-refractivity contribution is -0.562. The summed E-state index contributed by atoms with van der Waals surface area (Å²) < 4.78 is 7.37. The fourth-order valence-electron chi connectivity index (χ4n) is 2.08. The zero-order chi connectivity index (χ0) is 17.9. The van der Waals surface area contributed by atoms with Gasteiger partial charge in [0.05, 0.1) is 5.69 Å². The summed E-state index contributed by atoms with van der Waals surface area (Å²) in [4.78, 5) is 21.9. The monoisotopic (exact) mass is 332 g/mol. The van der Waals surface area contributed by atoms with E-state index >= 15 is 0 Å². The molecule has 8 heteroatoms. The van der Waals surface area contributed by atoms with Crippen molar-refractivity contribution in [2.75, 3.05) is 11.9 Å². The summed E-state index contributed by atoms with van der Waals surface area (Å²) in [6, 6.07) is 6.94. The molecule has 24 heavy (non-hydrogen) atoms. The first-order valence-electron chi connectivity index (χ1n) is 7.38. The molecule has 0 aliphatic carbocycles. The molecular weight excluding hydrogens is 312 g/mol. The molecule has 1 heterocycles. The molecule has 0 spiro atoms. The van der Waals surface area contributed by atoms with Crippen molar-refractivity contribution in [3.63, 3.8) is 0 Å². The highest BCUT2D eigenvalue weighted by Crippen LogP contribution is 2.33. The van der Waals surface area contributed by atoms with Crippen LogP contribution in [0.25, 0.3) is 11.3 Å². The number of carbonyl (C=O) groups is 1. The maximum Gasteiger partial charge on any atom is 0.250 e. The third-order valence-corrected chi connectivity index (χ3v) is 3.47. The van der Waals surface area contributed by atoms with Crippen LogP contribution in [0.2, 0.25) is 0 Å². The van der Waals surface area contributed by atoms with Crippen molar-refractivity contribution in [3.05, 3.63) is 40.6 Å². The second kappa shape index (κ2) is 6.69. The number of anilines is 1. The fraction of sp³-hybridized carbons (Fsp3) is 0.375. The largest absolute Gasteiger partial charge is 0.485 e. The molecule has 0 aliphatic rings. The minimum absolute atomic E-state index is 0.0790. The van der Waals surface area contributed by atoms with Crippen LogP contribution in [0, 0.1) is 10.1 Å². The molecule has 0 unspecified atom stereocenters. The van der Waals surface area contributed by atoms with Crippen LogP contribution in [-0.2, 0) is 11.8 Å². The van der Waals surface area contributed by atoms with E-state index < -0.39 is 5.54 Å². The number of amides is 1. The van der Waals surface area contributed by atoms with E-state index in [1.807, 2.05) is 0 Å². The predicted octanol–water partition coefficient (Wildman–Crippen LogP) is 2.48. The molecule has 8 nitrogen and oxygen atoms in total. The van der Waals surface area contributed by atoms with Crippen molar-refractivity contribution >= 4 is 11.6 Å². The Morgan fingerprint density at radius 3 is 2.67 bits per heavy atom. The minimum Gasteiger partial charge on any atom is -0.485 e. The number of nitrogens with zero attached hydrogens (tertiary/aromatic N) is 3. The van der Waals surface area contributed by atoms with Gasteiger partial charge in [0.1, 0.15) is 5.75 Å². The summed E-state index contributed by atoms with van der Waals surface area (Å²) in [6.45, 7) is 4.35. The van der Waals surface area contributed by atoms with Gasteiger partial charge in [0.25, 0.3) is 0 Å². The van der Waals surface area contributed by atoms with Gasteiger partial charge in [0.2, 0.25) is 11.4 Å². The number of aryl methyl sites for hydroxylation is 1. The molecule has 0 atom stereocenters. The summed E-state index contributed by atoms with van der Waals surface area (Å²) in [5.41, 5.74) is 0.871. The highest BCUT2D eigenvalue weighted by molar-refractivity contribution is 5.90. The van der Waals surface area contributed by atoms with Gasteiger partial charge in [0, 0.05) is 50.2 Å². The van der Waals surface area contributed by atoms with Gasteiger partial charge in [-0.1, -0.05) is 0 Å². The molecule has 1 amide bonds. The van der Waals surface area contributed by atoms with Gasteiger partial charge in [-0.3, -0.25) is 19.6 Å². The van der Waals surface area contributed by atoms with Crippen molar-refractivity contribution in [1.29, 1.82) is 0 Å². The highest BCUT2D eigenvalue weighted by Gasteiger charge is 2.32. The fourth-order valence-corrected chi connectivity index (χ4v) is 2.08. The lowest BCUT2D eigenvalue weighted by atomic mass is 10.1. The number of nitro groups is 1. The zero-order valence-electron chi connectivity index (χ0n) is 14.1. The maximum atomic E-state index is 11.3. The van der Waals surface area contributed by atoms with Gasteiger partial charge < -0.3 is 10.1 Å². The second-order valence-corrected chi connectivity index (χ2v) is 6.09. The Morgan fingerprint density at radius 1 is 1.42 bits per heavy atom. The van der Waals surface area contributed by atoms with Crippen LogP contribution in [0.4, 0.5) is 5.69 Å². The Morgan fingerprint density at radius 2 is 2.12 bits per heavy atom. The van der Waals surface area contributed by atoms with Crippen LogP contribution in [0.1, 0.15) is 20.8 Å². The second-order valence-electron chi connectivity index (χ2n) is 6.09. The molecule has 0 saturated carbocycles. The molecule has 0 saturated heterocycles. The third-order valence-electron chi connectivity index (χ3n) is 3.47. The molecule has 128 valence electrons. The van der Waals surface area contributed by atoms with Crippen molar-refractivity contribution in [3.8, 4) is 17.0 Å². The molecule has 0 bridgehead atoms. The standard InChI is InChI=1S/C16H20N4O4/c1-11(21)18-12-5-6-15(24-10-16(2,3)20(22)23)13(9-12)14-7-8-17-19(14)4/h5-9H,10H2,1-4H3,(H,18,21). The van der Waals surface area contributed by atoms with Gasteiger partial charge in [-0.2, -0.15) is 5.10 Å². The molecule has 0 fully saturated rings. The van der Waals surface area contributed by atoms with Gasteiger partial charge in [-0.15, -0.1) is 0 Å². The van der Waals surface area contributed by atoms with E-state index in [1.54, 1.807) is 42.2 Å². The van der Waals surface area contributed by atoms with Gasteiger partial charge >= 0.3 is 0 Å². The summed E-state index contributed by atoms with van der Waals surface area (Å²) >= 11 is 0. The lowest BCUT2D eigenvalue weighted by Gasteiger charge is -2.18. The van der Waals surface area contributed by atoms with E-state index in [4.69, 9.17) is 4.74 Å². The van der Waals surface area contributed by atoms with E-state index in [-0.39, 0.29) is 17.4 Å². The van der Waals surface area contributed by atoms with Crippen LogP contribution >= 0.6 is 0 Å². The number of aromatic nitrogens is 2. The Kier molecular flexibility index (Phi) is 4.87. The van der Waals surface area contributed by atoms with Crippen LogP contribution in [-0.4, -0.2) is 32.8 Å². The highest BCUT2D eigenvalue weighted by atomic mass is 16.6. The molecule has 0 radical (unpaired) electrons. The molecule has 2 aromatic rings. The first-order valence-corrected chi connectivity index (χ1v) is 7.38. The summed E-state index contributed by atoms with van der Waals surface area (Å²) in [6.07, 6.45) is 1.64. The van der Waals surface area contributed by atoms with Crippen molar-refractivity contribution < 1.29 is 14.5 Å². The topological polar surface area (TPSA) is 99.3 Å². The Balaban J connectivity index is 2.38. The first-order chi connectivity index (χ1) is 11.2. The quantitative estimate of drug-likeness (QED) is 0.647. The molecule has 1 aromatic carbocycles. The number of hydrogen-bond donors (Lipinski definition) is 1. The average Bonchev–Trinajstić information content (AvgIpc) is 2.91. The summed E-state index contributed by atoms with van der Waals surface area (Å²) in [5, 5.41) is 17.9. The number of benzene rings is 1. The zero-order valence-corrected chi connectivity index (χ0v) is 14.1. The van der Waals surface area contributed by atoms with E-state index in [9.17, 15) is 14.9 Å².